The first kappa shape index (κ1) is 31.8. The molecule has 0 amide bonds. The normalized spacial score (nSPS) is 8.33. The molecule has 1 heteroatoms. The molecule has 0 atom stereocenters. The highest BCUT2D eigenvalue weighted by molar-refractivity contribution is 5.48. The molecule has 0 N–H and O–H groups in total. The number of hydrogen-bond donors (Lipinski definition) is 0. The second kappa shape index (κ2) is 16.0. The van der Waals surface area contributed by atoms with Crippen LogP contribution in [0.15, 0.2) is 60.7 Å². The fraction of sp³-hybridized carbons (Fsp3) is 0.345. The Morgan fingerprint density at radius 1 is 0.500 bits per heavy atom. The summed E-state index contributed by atoms with van der Waals surface area (Å²) in [4.78, 5) is 3.32. The Balaban J connectivity index is -0.000000349. The number of aryl methyl sites for hydroxylation is 6. The Morgan fingerprint density at radius 2 is 0.900 bits per heavy atom. The van der Waals surface area contributed by atoms with Crippen molar-refractivity contribution >= 4 is 5.69 Å². The van der Waals surface area contributed by atoms with Crippen molar-refractivity contribution in [3.05, 3.63) is 111 Å². The Hall–Kier alpha value is -2.85. The maximum Gasteiger partial charge on any atom is 0.187 e. The van der Waals surface area contributed by atoms with E-state index in [0.717, 1.165) is 5.69 Å². The highest BCUT2D eigenvalue weighted by atomic mass is 14.6. The zero-order valence-electron chi connectivity index (χ0n) is 17.7. The SMILES string of the molecule is C.C.C.Cc1cccc(C)c1C.Cc1ccccc1C.[C-]#[N+]c1ccc(C)c(C)c1. The zero-order chi connectivity index (χ0) is 20.4. The van der Waals surface area contributed by atoms with E-state index in [-0.39, 0.29) is 22.3 Å². The van der Waals surface area contributed by atoms with E-state index >= 15 is 0 Å². The van der Waals surface area contributed by atoms with Crippen LogP contribution in [-0.2, 0) is 0 Å². The molecule has 0 aliphatic carbocycles. The van der Waals surface area contributed by atoms with E-state index in [4.69, 9.17) is 6.57 Å². The van der Waals surface area contributed by atoms with E-state index in [1.54, 1.807) is 0 Å². The maximum atomic E-state index is 6.74. The first-order valence-corrected chi connectivity index (χ1v) is 9.26. The van der Waals surface area contributed by atoms with Crippen molar-refractivity contribution < 1.29 is 0 Å². The fourth-order valence-electron chi connectivity index (χ4n) is 2.36. The second-order valence-electron chi connectivity index (χ2n) is 6.98. The Labute approximate surface area is 187 Å². The molecule has 0 radical (unpaired) electrons. The van der Waals surface area contributed by atoms with Gasteiger partial charge in [-0.1, -0.05) is 94.1 Å². The summed E-state index contributed by atoms with van der Waals surface area (Å²) in [6.07, 6.45) is 0. The summed E-state index contributed by atoms with van der Waals surface area (Å²) in [5, 5.41) is 0. The summed E-state index contributed by atoms with van der Waals surface area (Å²) >= 11 is 0. The average Bonchev–Trinajstić information content (AvgIpc) is 2.65. The van der Waals surface area contributed by atoms with Crippen LogP contribution in [0.25, 0.3) is 4.85 Å². The predicted molar refractivity (Wildman–Crippen MR) is 139 cm³/mol. The second-order valence-corrected chi connectivity index (χ2v) is 6.98. The first-order valence-electron chi connectivity index (χ1n) is 9.26. The number of nitrogens with zero attached hydrogens (tertiary/aromatic N) is 1. The van der Waals surface area contributed by atoms with Crippen LogP contribution < -0.4 is 0 Å². The van der Waals surface area contributed by atoms with Crippen LogP contribution in [-0.4, -0.2) is 0 Å². The molecule has 0 saturated heterocycles. The van der Waals surface area contributed by atoms with Crippen LogP contribution in [0.1, 0.15) is 61.2 Å². The number of benzene rings is 3. The van der Waals surface area contributed by atoms with Gasteiger partial charge >= 0.3 is 0 Å². The van der Waals surface area contributed by atoms with Crippen molar-refractivity contribution in [3.63, 3.8) is 0 Å². The quantitative estimate of drug-likeness (QED) is 0.328. The molecule has 1 nitrogen and oxygen atoms in total. The van der Waals surface area contributed by atoms with Gasteiger partial charge in [-0.15, -0.1) is 0 Å². The van der Waals surface area contributed by atoms with Gasteiger partial charge in [0.15, 0.2) is 5.69 Å². The molecule has 0 aliphatic heterocycles. The molecule has 0 saturated carbocycles. The van der Waals surface area contributed by atoms with Gasteiger partial charge in [-0.25, -0.2) is 4.85 Å². The molecule has 0 fully saturated rings. The molecular formula is C29H43N. The highest BCUT2D eigenvalue weighted by Crippen LogP contribution is 2.16. The standard InChI is InChI=1S/C9H9N.C9H12.C8H10.3CH4/c1-7-4-5-9(10-3)6-8(7)2;1-7-5-4-6-8(2)9(7)3;1-7-5-3-4-6-8(7)2;;;/h4-6H,1-2H3;4-6H,1-3H3;3-6H,1-2H3;3*1H4. The minimum absolute atomic E-state index is 0. The van der Waals surface area contributed by atoms with Crippen LogP contribution >= 0.6 is 0 Å². The summed E-state index contributed by atoms with van der Waals surface area (Å²) in [6.45, 7) is 21.5. The maximum absolute atomic E-state index is 6.74. The van der Waals surface area contributed by atoms with Gasteiger partial charge in [0.1, 0.15) is 0 Å². The fourth-order valence-corrected chi connectivity index (χ4v) is 2.36. The van der Waals surface area contributed by atoms with Crippen LogP contribution in [0.5, 0.6) is 0 Å². The van der Waals surface area contributed by atoms with E-state index in [0.29, 0.717) is 0 Å². The Bertz CT molecular complexity index is 873. The van der Waals surface area contributed by atoms with Gasteiger partial charge in [0.05, 0.1) is 6.57 Å². The Kier molecular flexibility index (Phi) is 17.0. The molecular weight excluding hydrogens is 362 g/mol. The van der Waals surface area contributed by atoms with Crippen LogP contribution in [0.4, 0.5) is 5.69 Å². The van der Waals surface area contributed by atoms with Gasteiger partial charge in [0.2, 0.25) is 0 Å². The molecule has 164 valence electrons. The van der Waals surface area contributed by atoms with Crippen molar-refractivity contribution in [3.8, 4) is 0 Å². The Morgan fingerprint density at radius 3 is 1.23 bits per heavy atom. The molecule has 3 aromatic carbocycles. The minimum Gasteiger partial charge on any atom is -0.238 e. The van der Waals surface area contributed by atoms with Gasteiger partial charge < -0.3 is 0 Å². The number of hydrogen-bond acceptors (Lipinski definition) is 0. The smallest absolute Gasteiger partial charge is 0.187 e. The molecule has 0 aromatic heterocycles. The number of rotatable bonds is 0. The van der Waals surface area contributed by atoms with E-state index in [1.165, 1.54) is 38.9 Å². The predicted octanol–water partition coefficient (Wildman–Crippen LogP) is 9.68. The summed E-state index contributed by atoms with van der Waals surface area (Å²) in [6, 6.07) is 20.5. The van der Waals surface area contributed by atoms with Crippen molar-refractivity contribution in [1.29, 1.82) is 0 Å². The summed E-state index contributed by atoms with van der Waals surface area (Å²) < 4.78 is 0. The van der Waals surface area contributed by atoms with Crippen LogP contribution in [0.3, 0.4) is 0 Å². The van der Waals surface area contributed by atoms with E-state index in [2.05, 4.69) is 81.9 Å². The van der Waals surface area contributed by atoms with Gasteiger partial charge in [0, 0.05) is 0 Å². The van der Waals surface area contributed by atoms with E-state index in [9.17, 15) is 0 Å². The third kappa shape index (κ3) is 10.6. The van der Waals surface area contributed by atoms with Gasteiger partial charge in [0.25, 0.3) is 0 Å². The van der Waals surface area contributed by atoms with Crippen LogP contribution in [0.2, 0.25) is 0 Å². The zero-order valence-corrected chi connectivity index (χ0v) is 17.7. The summed E-state index contributed by atoms with van der Waals surface area (Å²) in [7, 11) is 0. The van der Waals surface area contributed by atoms with Crippen molar-refractivity contribution in [2.24, 2.45) is 0 Å². The topological polar surface area (TPSA) is 4.36 Å². The molecule has 0 heterocycles. The van der Waals surface area contributed by atoms with Gasteiger partial charge in [-0.3, -0.25) is 0 Å². The lowest BCUT2D eigenvalue weighted by Gasteiger charge is -2.00. The molecule has 3 rings (SSSR count). The lowest BCUT2D eigenvalue weighted by molar-refractivity contribution is 1.27. The van der Waals surface area contributed by atoms with Crippen LogP contribution in [0, 0.1) is 55.0 Å². The van der Waals surface area contributed by atoms with Crippen molar-refractivity contribution in [2.45, 2.75) is 70.7 Å². The molecule has 0 spiro atoms. The average molecular weight is 406 g/mol. The minimum atomic E-state index is 0. The highest BCUT2D eigenvalue weighted by Gasteiger charge is 1.93. The monoisotopic (exact) mass is 405 g/mol. The lowest BCUT2D eigenvalue weighted by Crippen LogP contribution is -1.82. The third-order valence-electron chi connectivity index (χ3n) is 4.92. The van der Waals surface area contributed by atoms with E-state index in [1.807, 2.05) is 32.0 Å². The van der Waals surface area contributed by atoms with Crippen molar-refractivity contribution in [1.82, 2.24) is 0 Å². The first-order chi connectivity index (χ1) is 12.8. The van der Waals surface area contributed by atoms with Gasteiger partial charge in [-0.05, 0) is 76.3 Å². The molecule has 3 aromatic rings. The molecule has 0 unspecified atom stereocenters. The molecule has 30 heavy (non-hydrogen) atoms. The molecule has 0 aliphatic rings. The lowest BCUT2D eigenvalue weighted by atomic mass is 10.1. The summed E-state index contributed by atoms with van der Waals surface area (Å²) in [5.41, 5.74) is 10.1. The van der Waals surface area contributed by atoms with E-state index < -0.39 is 0 Å². The largest absolute Gasteiger partial charge is 0.238 e. The summed E-state index contributed by atoms with van der Waals surface area (Å²) in [5.74, 6) is 0. The third-order valence-corrected chi connectivity index (χ3v) is 4.92. The van der Waals surface area contributed by atoms with Crippen molar-refractivity contribution in [2.75, 3.05) is 0 Å². The molecule has 0 bridgehead atoms. The van der Waals surface area contributed by atoms with Gasteiger partial charge in [-0.2, -0.15) is 0 Å².